The Kier molecular flexibility index (Phi) is 6.72. The lowest BCUT2D eigenvalue weighted by molar-refractivity contribution is 0.130. The summed E-state index contributed by atoms with van der Waals surface area (Å²) in [5, 5.41) is 0.475. The minimum atomic E-state index is -4.10. The smallest absolute Gasteiger partial charge is 0.265 e. The van der Waals surface area contributed by atoms with E-state index in [4.69, 9.17) is 26.6 Å². The van der Waals surface area contributed by atoms with Gasteiger partial charge in [-0.2, -0.15) is 8.42 Å². The van der Waals surface area contributed by atoms with Gasteiger partial charge in [-0.25, -0.2) is 0 Å². The van der Waals surface area contributed by atoms with Crippen LogP contribution in [-0.4, -0.2) is 38.5 Å². The first-order valence-corrected chi connectivity index (χ1v) is 8.29. The second-order valence-electron chi connectivity index (χ2n) is 4.01. The van der Waals surface area contributed by atoms with Crippen molar-refractivity contribution in [1.82, 2.24) is 0 Å². The van der Waals surface area contributed by atoms with Gasteiger partial charge in [0.25, 0.3) is 10.1 Å². The number of nitrogens with two attached hydrogens (primary N) is 1. The maximum Gasteiger partial charge on any atom is 0.265 e. The summed E-state index contributed by atoms with van der Waals surface area (Å²) in [7, 11) is -4.10. The lowest BCUT2D eigenvalue weighted by Gasteiger charge is -2.16. The van der Waals surface area contributed by atoms with E-state index in [1.807, 2.05) is 0 Å². The van der Waals surface area contributed by atoms with Gasteiger partial charge in [0.05, 0.1) is 19.0 Å². The zero-order valence-electron chi connectivity index (χ0n) is 10.1. The summed E-state index contributed by atoms with van der Waals surface area (Å²) in [5.41, 5.74) is 5.98. The summed E-state index contributed by atoms with van der Waals surface area (Å²) < 4.78 is 37.1. The van der Waals surface area contributed by atoms with Gasteiger partial charge in [0.1, 0.15) is 0 Å². The third kappa shape index (κ3) is 6.69. The van der Waals surface area contributed by atoms with E-state index < -0.39 is 21.8 Å². The number of benzene rings is 1. The Morgan fingerprint density at radius 1 is 1.42 bits per heavy atom. The zero-order chi connectivity index (χ0) is 14.5. The molecule has 1 aromatic rings. The van der Waals surface area contributed by atoms with Crippen LogP contribution in [0.1, 0.15) is 11.5 Å². The number of ether oxygens (including phenoxy) is 1. The van der Waals surface area contributed by atoms with Crippen molar-refractivity contribution in [3.63, 3.8) is 0 Å². The molecule has 0 fully saturated rings. The lowest BCUT2D eigenvalue weighted by atomic mass is 10.0. The molecule has 3 N–H and O–H groups in total. The van der Waals surface area contributed by atoms with E-state index in [2.05, 4.69) is 15.9 Å². The number of halogens is 2. The van der Waals surface area contributed by atoms with Crippen LogP contribution >= 0.6 is 27.5 Å². The van der Waals surface area contributed by atoms with Crippen molar-refractivity contribution in [2.45, 2.75) is 5.92 Å². The fourth-order valence-corrected chi connectivity index (χ4v) is 3.30. The Balaban J connectivity index is 2.93. The summed E-state index contributed by atoms with van der Waals surface area (Å²) in [5.74, 6) is -0.929. The molecular formula is C11H15BrClNO4S. The van der Waals surface area contributed by atoms with Crippen LogP contribution in [0, 0.1) is 0 Å². The van der Waals surface area contributed by atoms with Gasteiger partial charge in [-0.1, -0.05) is 27.5 Å². The minimum absolute atomic E-state index is 0.143. The highest BCUT2D eigenvalue weighted by atomic mass is 79.9. The van der Waals surface area contributed by atoms with Crippen LogP contribution in [0.2, 0.25) is 5.02 Å². The fraction of sp³-hybridized carbons (Fsp3) is 0.455. The maximum atomic E-state index is 11.0. The molecule has 108 valence electrons. The molecule has 0 heterocycles. The first-order valence-electron chi connectivity index (χ1n) is 5.51. The van der Waals surface area contributed by atoms with Crippen molar-refractivity contribution in [2.24, 2.45) is 5.73 Å². The third-order valence-electron chi connectivity index (χ3n) is 2.35. The summed E-state index contributed by atoms with van der Waals surface area (Å²) in [4.78, 5) is 0. The fourth-order valence-electron chi connectivity index (χ4n) is 1.61. The molecule has 0 unspecified atom stereocenters. The van der Waals surface area contributed by atoms with Crippen LogP contribution in [0.15, 0.2) is 22.7 Å². The van der Waals surface area contributed by atoms with Crippen molar-refractivity contribution < 1.29 is 17.7 Å². The molecule has 1 atom stereocenters. The average Bonchev–Trinajstić information content (AvgIpc) is 2.25. The molecule has 0 aliphatic carbocycles. The molecule has 0 aliphatic rings. The number of hydrogen-bond acceptors (Lipinski definition) is 4. The molecule has 0 bridgehead atoms. The van der Waals surface area contributed by atoms with Crippen LogP contribution in [0.5, 0.6) is 0 Å². The van der Waals surface area contributed by atoms with Crippen LogP contribution < -0.4 is 5.73 Å². The van der Waals surface area contributed by atoms with Crippen molar-refractivity contribution in [3.05, 3.63) is 33.3 Å². The topological polar surface area (TPSA) is 89.6 Å². The third-order valence-corrected chi connectivity index (χ3v) is 3.85. The zero-order valence-corrected chi connectivity index (χ0v) is 13.2. The van der Waals surface area contributed by atoms with E-state index in [-0.39, 0.29) is 6.61 Å². The van der Waals surface area contributed by atoms with Crippen LogP contribution in [-0.2, 0) is 14.9 Å². The molecule has 0 aromatic heterocycles. The van der Waals surface area contributed by atoms with Gasteiger partial charge in [-0.3, -0.25) is 4.55 Å². The Morgan fingerprint density at radius 3 is 2.63 bits per heavy atom. The van der Waals surface area contributed by atoms with Crippen molar-refractivity contribution >= 4 is 37.6 Å². The molecule has 1 aromatic carbocycles. The Bertz CT molecular complexity index is 503. The van der Waals surface area contributed by atoms with Gasteiger partial charge in [-0.15, -0.1) is 0 Å². The highest BCUT2D eigenvalue weighted by molar-refractivity contribution is 9.10. The summed E-state index contributed by atoms with van der Waals surface area (Å²) >= 11 is 9.21. The van der Waals surface area contributed by atoms with Gasteiger partial charge >= 0.3 is 0 Å². The molecule has 0 amide bonds. The van der Waals surface area contributed by atoms with Gasteiger partial charge in [-0.05, 0) is 23.8 Å². The van der Waals surface area contributed by atoms with E-state index in [0.29, 0.717) is 23.7 Å². The molecule has 0 radical (unpaired) electrons. The number of hydrogen-bond donors (Lipinski definition) is 2. The largest absolute Gasteiger partial charge is 0.379 e. The summed E-state index contributed by atoms with van der Waals surface area (Å²) in [6, 6.07) is 5.08. The standard InChI is InChI=1S/C11H15BrClNO4S/c12-10-3-8(4-11(13)5-10)9(6-18-2-1-14)7-19(15,16)17/h3-5,9H,1-2,6-7,14H2,(H,15,16,17)/t9-/m0/s1. The van der Waals surface area contributed by atoms with Gasteiger partial charge in [0, 0.05) is 22.0 Å². The van der Waals surface area contributed by atoms with Crippen LogP contribution in [0.25, 0.3) is 0 Å². The van der Waals surface area contributed by atoms with Crippen molar-refractivity contribution in [1.29, 1.82) is 0 Å². The molecule has 8 heteroatoms. The molecule has 0 aliphatic heterocycles. The highest BCUT2D eigenvalue weighted by Crippen LogP contribution is 2.26. The molecule has 0 saturated carbocycles. The predicted octanol–water partition coefficient (Wildman–Crippen LogP) is 2.05. The second-order valence-corrected chi connectivity index (χ2v) is 6.86. The summed E-state index contributed by atoms with van der Waals surface area (Å²) in [6.45, 7) is 0.811. The van der Waals surface area contributed by atoms with E-state index in [9.17, 15) is 8.42 Å². The Morgan fingerprint density at radius 2 is 2.11 bits per heavy atom. The molecule has 19 heavy (non-hydrogen) atoms. The first-order chi connectivity index (χ1) is 8.81. The first kappa shape index (κ1) is 16.9. The SMILES string of the molecule is NCCOC[C@@H](CS(=O)(=O)O)c1cc(Cl)cc(Br)c1. The number of rotatable bonds is 7. The van der Waals surface area contributed by atoms with Gasteiger partial charge < -0.3 is 10.5 Å². The molecule has 0 spiro atoms. The van der Waals surface area contributed by atoms with Crippen molar-refractivity contribution in [3.8, 4) is 0 Å². The molecule has 5 nitrogen and oxygen atoms in total. The van der Waals surface area contributed by atoms with E-state index in [0.717, 1.165) is 4.47 Å². The maximum absolute atomic E-state index is 11.0. The Labute approximate surface area is 126 Å². The normalized spacial score (nSPS) is 13.5. The van der Waals surface area contributed by atoms with Gasteiger partial charge in [0.2, 0.25) is 0 Å². The van der Waals surface area contributed by atoms with Crippen LogP contribution in [0.3, 0.4) is 0 Å². The van der Waals surface area contributed by atoms with Crippen LogP contribution in [0.4, 0.5) is 0 Å². The van der Waals surface area contributed by atoms with E-state index in [1.54, 1.807) is 18.2 Å². The molecule has 1 rings (SSSR count). The predicted molar refractivity (Wildman–Crippen MR) is 78.2 cm³/mol. The monoisotopic (exact) mass is 371 g/mol. The second kappa shape index (κ2) is 7.56. The average molecular weight is 373 g/mol. The van der Waals surface area contributed by atoms with Crippen molar-refractivity contribution in [2.75, 3.05) is 25.5 Å². The van der Waals surface area contributed by atoms with E-state index in [1.165, 1.54) is 0 Å². The lowest BCUT2D eigenvalue weighted by Crippen LogP contribution is -2.20. The molecule has 0 saturated heterocycles. The highest BCUT2D eigenvalue weighted by Gasteiger charge is 2.20. The Hall–Kier alpha value is -0.180. The van der Waals surface area contributed by atoms with E-state index >= 15 is 0 Å². The van der Waals surface area contributed by atoms with Gasteiger partial charge in [0.15, 0.2) is 0 Å². The quantitative estimate of drug-likeness (QED) is 0.565. The summed E-state index contributed by atoms with van der Waals surface area (Å²) in [6.07, 6.45) is 0. The molecular weight excluding hydrogens is 358 g/mol. The minimum Gasteiger partial charge on any atom is -0.379 e.